The van der Waals surface area contributed by atoms with Crippen LogP contribution in [0.3, 0.4) is 0 Å². The van der Waals surface area contributed by atoms with E-state index in [1.165, 1.54) is 0 Å². The highest BCUT2D eigenvalue weighted by molar-refractivity contribution is 6.30. The molecule has 0 unspecified atom stereocenters. The number of hydrogen-bond donors (Lipinski definition) is 1. The number of nitrogen functional groups attached to an aromatic ring is 1. The normalized spacial score (nSPS) is 9.21. The molecule has 1 aromatic carbocycles. The lowest BCUT2D eigenvalue weighted by atomic mass is 10.1. The van der Waals surface area contributed by atoms with Crippen LogP contribution in [0.15, 0.2) is 24.3 Å². The topological polar surface area (TPSA) is 43.1 Å². The monoisotopic (exact) mass is 213 g/mol. The van der Waals surface area contributed by atoms with Gasteiger partial charge < -0.3 is 5.73 Å². The molecule has 0 aromatic heterocycles. The number of anilines is 1. The van der Waals surface area contributed by atoms with Gasteiger partial charge in [0.2, 0.25) is 0 Å². The first-order valence-corrected chi connectivity index (χ1v) is 4.82. The summed E-state index contributed by atoms with van der Waals surface area (Å²) in [6.07, 6.45) is 0. The van der Waals surface area contributed by atoms with Crippen molar-refractivity contribution in [2.45, 2.75) is 20.8 Å². The summed E-state index contributed by atoms with van der Waals surface area (Å²) in [5, 5.41) is 0.721. The van der Waals surface area contributed by atoms with Gasteiger partial charge in [-0.05, 0) is 31.2 Å². The molecule has 0 saturated carbocycles. The number of rotatable bonds is 1. The Morgan fingerprint density at radius 3 is 1.86 bits per heavy atom. The van der Waals surface area contributed by atoms with Crippen molar-refractivity contribution in [2.75, 3.05) is 5.73 Å². The molecule has 0 saturated heterocycles. The highest BCUT2D eigenvalue weighted by Crippen LogP contribution is 2.09. The van der Waals surface area contributed by atoms with Crippen LogP contribution in [0.5, 0.6) is 0 Å². The second-order valence-corrected chi connectivity index (χ2v) is 3.75. The van der Waals surface area contributed by atoms with E-state index >= 15 is 0 Å². The third-order valence-electron chi connectivity index (χ3n) is 1.68. The first-order chi connectivity index (χ1) is 6.43. The predicted octanol–water partition coefficient (Wildman–Crippen LogP) is 3.15. The maximum atomic E-state index is 10.1. The van der Waals surface area contributed by atoms with Gasteiger partial charge in [-0.25, -0.2) is 0 Å². The van der Waals surface area contributed by atoms with E-state index in [-0.39, 0.29) is 11.7 Å². The molecule has 0 aliphatic carbocycles. The number of hydrogen-bond acceptors (Lipinski definition) is 2. The fourth-order valence-corrected chi connectivity index (χ4v) is 0.589. The zero-order valence-electron chi connectivity index (χ0n) is 8.75. The van der Waals surface area contributed by atoms with Gasteiger partial charge in [0.1, 0.15) is 5.78 Å². The number of carbonyl (C=O) groups is 1. The smallest absolute Gasteiger partial charge is 0.132 e. The van der Waals surface area contributed by atoms with Crippen LogP contribution in [0.4, 0.5) is 5.69 Å². The second-order valence-electron chi connectivity index (χ2n) is 3.32. The Labute approximate surface area is 90.1 Å². The Kier molecular flexibility index (Phi) is 5.97. The zero-order valence-corrected chi connectivity index (χ0v) is 9.51. The molecule has 3 heteroatoms. The lowest BCUT2D eigenvalue weighted by Gasteiger charge is -1.90. The van der Waals surface area contributed by atoms with Crippen molar-refractivity contribution in [3.05, 3.63) is 29.3 Å². The minimum atomic E-state index is 0.213. The molecule has 14 heavy (non-hydrogen) atoms. The lowest BCUT2D eigenvalue weighted by Crippen LogP contribution is -1.98. The number of halogens is 1. The Bertz CT molecular complexity index is 259. The predicted molar refractivity (Wildman–Crippen MR) is 61.4 cm³/mol. The highest BCUT2D eigenvalue weighted by Gasteiger charge is 1.95. The van der Waals surface area contributed by atoms with Gasteiger partial charge in [-0.2, -0.15) is 0 Å². The SMILES string of the molecule is CC(=O)C(C)C.Nc1ccc(Cl)cc1. The molecule has 2 N–H and O–H groups in total. The van der Waals surface area contributed by atoms with E-state index in [9.17, 15) is 4.79 Å². The van der Waals surface area contributed by atoms with E-state index in [2.05, 4.69) is 0 Å². The van der Waals surface area contributed by atoms with Crippen LogP contribution in [0.1, 0.15) is 20.8 Å². The molecule has 78 valence electrons. The number of carbonyl (C=O) groups excluding carboxylic acids is 1. The van der Waals surface area contributed by atoms with Crippen LogP contribution in [0.25, 0.3) is 0 Å². The van der Waals surface area contributed by atoms with Crippen molar-refractivity contribution in [1.82, 2.24) is 0 Å². The summed E-state index contributed by atoms with van der Waals surface area (Å²) >= 11 is 5.56. The van der Waals surface area contributed by atoms with Gasteiger partial charge in [0.05, 0.1) is 0 Å². The minimum Gasteiger partial charge on any atom is -0.399 e. The fourth-order valence-electron chi connectivity index (χ4n) is 0.463. The summed E-state index contributed by atoms with van der Waals surface area (Å²) in [4.78, 5) is 10.1. The number of benzene rings is 1. The maximum Gasteiger partial charge on any atom is 0.132 e. The average molecular weight is 214 g/mol. The Hall–Kier alpha value is -1.02. The van der Waals surface area contributed by atoms with Crippen molar-refractivity contribution in [3.63, 3.8) is 0 Å². The molecule has 0 atom stereocenters. The molecule has 0 aliphatic rings. The van der Waals surface area contributed by atoms with Gasteiger partial charge in [0.25, 0.3) is 0 Å². The minimum absolute atomic E-state index is 0.213. The molecule has 0 bridgehead atoms. The van der Waals surface area contributed by atoms with Crippen molar-refractivity contribution in [1.29, 1.82) is 0 Å². The summed E-state index contributed by atoms with van der Waals surface area (Å²) in [7, 11) is 0. The number of Topliss-reactive ketones (excluding diaryl/α,β-unsaturated/α-hetero) is 1. The maximum absolute atomic E-state index is 10.1. The van der Waals surface area contributed by atoms with Gasteiger partial charge in [0, 0.05) is 16.6 Å². The van der Waals surface area contributed by atoms with Crippen molar-refractivity contribution < 1.29 is 4.79 Å². The van der Waals surface area contributed by atoms with E-state index in [1.54, 1.807) is 31.2 Å². The largest absolute Gasteiger partial charge is 0.399 e. The van der Waals surface area contributed by atoms with Crippen LogP contribution in [0, 0.1) is 5.92 Å². The summed E-state index contributed by atoms with van der Waals surface area (Å²) in [5.74, 6) is 0.472. The standard InChI is InChI=1S/C6H6ClN.C5H10O/c7-5-1-3-6(8)4-2-5;1-4(2)5(3)6/h1-4H,8H2;4H,1-3H3. The van der Waals surface area contributed by atoms with Crippen LogP contribution in [0.2, 0.25) is 5.02 Å². The van der Waals surface area contributed by atoms with E-state index in [0.29, 0.717) is 0 Å². The number of ketones is 1. The van der Waals surface area contributed by atoms with Crippen LogP contribution in [-0.2, 0) is 4.79 Å². The number of nitrogens with two attached hydrogens (primary N) is 1. The van der Waals surface area contributed by atoms with Gasteiger partial charge in [-0.15, -0.1) is 0 Å². The van der Waals surface area contributed by atoms with Crippen LogP contribution in [-0.4, -0.2) is 5.78 Å². The van der Waals surface area contributed by atoms with E-state index < -0.39 is 0 Å². The van der Waals surface area contributed by atoms with E-state index in [1.807, 2.05) is 13.8 Å². The molecule has 0 spiro atoms. The van der Waals surface area contributed by atoms with Gasteiger partial charge in [0.15, 0.2) is 0 Å². The molecular formula is C11H16ClNO. The van der Waals surface area contributed by atoms with Gasteiger partial charge >= 0.3 is 0 Å². The summed E-state index contributed by atoms with van der Waals surface area (Å²) in [6.45, 7) is 5.38. The molecule has 0 aliphatic heterocycles. The van der Waals surface area contributed by atoms with Crippen molar-refractivity contribution in [3.8, 4) is 0 Å². The third-order valence-corrected chi connectivity index (χ3v) is 1.94. The Balaban J connectivity index is 0.000000255. The third kappa shape index (κ3) is 6.49. The molecule has 0 amide bonds. The first kappa shape index (κ1) is 13.0. The molecule has 0 heterocycles. The molecular weight excluding hydrogens is 198 g/mol. The quantitative estimate of drug-likeness (QED) is 0.729. The van der Waals surface area contributed by atoms with Crippen LogP contribution >= 0.6 is 11.6 Å². The second kappa shape index (κ2) is 6.44. The molecule has 2 nitrogen and oxygen atoms in total. The average Bonchev–Trinajstić information content (AvgIpc) is 2.11. The van der Waals surface area contributed by atoms with Crippen molar-refractivity contribution >= 4 is 23.1 Å². The summed E-state index contributed by atoms with van der Waals surface area (Å²) in [6, 6.07) is 7.05. The van der Waals surface area contributed by atoms with Gasteiger partial charge in [-0.1, -0.05) is 25.4 Å². The molecule has 0 radical (unpaired) electrons. The summed E-state index contributed by atoms with van der Waals surface area (Å²) < 4.78 is 0. The Morgan fingerprint density at radius 1 is 1.29 bits per heavy atom. The first-order valence-electron chi connectivity index (χ1n) is 4.45. The van der Waals surface area contributed by atoms with E-state index in [4.69, 9.17) is 17.3 Å². The molecule has 1 aromatic rings. The van der Waals surface area contributed by atoms with Crippen LogP contribution < -0.4 is 5.73 Å². The highest BCUT2D eigenvalue weighted by atomic mass is 35.5. The molecule has 0 fully saturated rings. The fraction of sp³-hybridized carbons (Fsp3) is 0.364. The zero-order chi connectivity index (χ0) is 11.1. The Morgan fingerprint density at radius 2 is 1.64 bits per heavy atom. The van der Waals surface area contributed by atoms with E-state index in [0.717, 1.165) is 10.7 Å². The van der Waals surface area contributed by atoms with Gasteiger partial charge in [-0.3, -0.25) is 4.79 Å². The molecule has 1 rings (SSSR count). The lowest BCUT2D eigenvalue weighted by molar-refractivity contribution is -0.119. The summed E-state index contributed by atoms with van der Waals surface area (Å²) in [5.41, 5.74) is 6.11. The van der Waals surface area contributed by atoms with Crippen molar-refractivity contribution in [2.24, 2.45) is 5.92 Å².